The van der Waals surface area contributed by atoms with Gasteiger partial charge in [0.05, 0.1) is 17.1 Å². The van der Waals surface area contributed by atoms with Crippen LogP contribution in [-0.2, 0) is 0 Å². The lowest BCUT2D eigenvalue weighted by atomic mass is 9.99. The summed E-state index contributed by atoms with van der Waals surface area (Å²) in [7, 11) is 0. The van der Waals surface area contributed by atoms with Gasteiger partial charge in [-0.3, -0.25) is 0 Å². The van der Waals surface area contributed by atoms with Crippen molar-refractivity contribution < 1.29 is 8.83 Å². The zero-order valence-corrected chi connectivity index (χ0v) is 30.0. The fraction of sp³-hybridized carbons (Fsp3) is 0.0417. The second-order valence-electron chi connectivity index (χ2n) is 13.8. The molecule has 4 N–H and O–H groups in total. The Labute approximate surface area is 317 Å². The third-order valence-electron chi connectivity index (χ3n) is 10.3. The maximum atomic E-state index is 6.58. The number of rotatable bonds is 7. The Hall–Kier alpha value is -7.38. The number of para-hydroxylation sites is 2. The highest BCUT2D eigenvalue weighted by atomic mass is 16.3. The largest absolute Gasteiger partial charge is 0.456 e. The third-order valence-corrected chi connectivity index (χ3v) is 10.3. The van der Waals surface area contributed by atoms with Gasteiger partial charge >= 0.3 is 0 Å². The summed E-state index contributed by atoms with van der Waals surface area (Å²) in [5.74, 6) is 2.21. The van der Waals surface area contributed by atoms with E-state index in [1.807, 2.05) is 97.1 Å². The van der Waals surface area contributed by atoms with Gasteiger partial charge in [-0.2, -0.15) is 0 Å². The maximum absolute atomic E-state index is 6.58. The molecule has 3 heterocycles. The fourth-order valence-corrected chi connectivity index (χ4v) is 7.39. The molecule has 0 bridgehead atoms. The van der Waals surface area contributed by atoms with E-state index < -0.39 is 0 Å². The Morgan fingerprint density at radius 2 is 1.18 bits per heavy atom. The molecule has 10 rings (SSSR count). The molecule has 7 aromatic carbocycles. The summed E-state index contributed by atoms with van der Waals surface area (Å²) in [6, 6.07) is 55.4. The van der Waals surface area contributed by atoms with Gasteiger partial charge in [0.25, 0.3) is 0 Å². The molecule has 0 fully saturated rings. The van der Waals surface area contributed by atoms with E-state index in [-0.39, 0.29) is 6.17 Å². The van der Waals surface area contributed by atoms with Crippen LogP contribution < -0.4 is 16.4 Å². The first-order valence-corrected chi connectivity index (χ1v) is 18.3. The minimum atomic E-state index is -0.283. The molecule has 7 nitrogen and oxygen atoms in total. The van der Waals surface area contributed by atoms with Gasteiger partial charge in [0, 0.05) is 32.8 Å². The molecule has 0 spiro atoms. The van der Waals surface area contributed by atoms with E-state index in [1.165, 1.54) is 0 Å². The number of furan rings is 2. The average Bonchev–Trinajstić information content (AvgIpc) is 3.79. The first-order chi connectivity index (χ1) is 27.1. The lowest BCUT2D eigenvalue weighted by Crippen LogP contribution is -2.33. The number of aryl methyl sites for hydroxylation is 1. The number of nitrogens with two attached hydrogens (primary N) is 1. The van der Waals surface area contributed by atoms with Crippen LogP contribution >= 0.6 is 0 Å². The topological polar surface area (TPSA) is 101 Å². The zero-order chi connectivity index (χ0) is 36.9. The van der Waals surface area contributed by atoms with E-state index in [9.17, 15) is 0 Å². The molecule has 9 aromatic rings. The molecule has 1 atom stereocenters. The van der Waals surface area contributed by atoms with Crippen LogP contribution in [0, 0.1) is 6.92 Å². The number of nitrogens with zero attached hydrogens (tertiary/aromatic N) is 2. The Kier molecular flexibility index (Phi) is 7.77. The van der Waals surface area contributed by atoms with Gasteiger partial charge in [0.15, 0.2) is 11.6 Å². The molecule has 0 saturated carbocycles. The molecule has 0 saturated heterocycles. The molecule has 264 valence electrons. The lowest BCUT2D eigenvalue weighted by molar-refractivity contribution is 0.632. The van der Waals surface area contributed by atoms with Gasteiger partial charge in [-0.05, 0) is 83.8 Å². The number of fused-ring (bicyclic) bond motifs is 4. The molecule has 1 unspecified atom stereocenters. The predicted molar refractivity (Wildman–Crippen MR) is 225 cm³/mol. The van der Waals surface area contributed by atoms with Crippen LogP contribution in [0.4, 0.5) is 17.1 Å². The number of anilines is 3. The fourth-order valence-electron chi connectivity index (χ4n) is 7.39. The van der Waals surface area contributed by atoms with Crippen molar-refractivity contribution in [2.45, 2.75) is 13.1 Å². The number of amidine groups is 2. The molecular formula is C48H35N5O2. The molecule has 0 amide bonds. The standard InChI is InChI=1S/C48H35N5O2/c1-29-12-8-9-17-35(29)45-44(50-40-19-11-10-18-39(40)49)38-27-33(21-24-43(38)55-45)32-20-23-41-36(26-32)37-28-34(22-25-42(37)54-41)48-52-46(30-13-4-2-5-14-30)51-47(53-48)31-15-6-3-7-16-31/h2-28,46,50H,49H2,1H3,(H,51,52,53). The Morgan fingerprint density at radius 3 is 1.91 bits per heavy atom. The highest BCUT2D eigenvalue weighted by Gasteiger charge is 2.23. The monoisotopic (exact) mass is 713 g/mol. The van der Waals surface area contributed by atoms with Gasteiger partial charge in [-0.25, -0.2) is 9.98 Å². The number of hydrogen-bond acceptors (Lipinski definition) is 7. The summed E-state index contributed by atoms with van der Waals surface area (Å²) in [5, 5.41) is 10.1. The number of benzene rings is 7. The van der Waals surface area contributed by atoms with Gasteiger partial charge in [-0.15, -0.1) is 0 Å². The Balaban J connectivity index is 1.08. The molecule has 1 aliphatic heterocycles. The predicted octanol–water partition coefficient (Wildman–Crippen LogP) is 11.8. The van der Waals surface area contributed by atoms with Crippen molar-refractivity contribution in [2.75, 3.05) is 11.1 Å². The van der Waals surface area contributed by atoms with Crippen LogP contribution in [0.25, 0.3) is 55.4 Å². The van der Waals surface area contributed by atoms with E-state index >= 15 is 0 Å². The van der Waals surface area contributed by atoms with Crippen molar-refractivity contribution in [2.24, 2.45) is 9.98 Å². The lowest BCUT2D eigenvalue weighted by Gasteiger charge is -2.23. The Bertz CT molecular complexity index is 2960. The molecule has 1 aliphatic rings. The number of nitrogen functional groups attached to an aromatic ring is 1. The molecule has 0 radical (unpaired) electrons. The van der Waals surface area contributed by atoms with Crippen LogP contribution in [0.1, 0.15) is 28.4 Å². The van der Waals surface area contributed by atoms with E-state index in [1.54, 1.807) is 0 Å². The maximum Gasteiger partial charge on any atom is 0.159 e. The van der Waals surface area contributed by atoms with Gasteiger partial charge in [0.1, 0.15) is 28.8 Å². The highest BCUT2D eigenvalue weighted by molar-refractivity contribution is 6.15. The summed E-state index contributed by atoms with van der Waals surface area (Å²) in [4.78, 5) is 10.1. The van der Waals surface area contributed by atoms with Crippen LogP contribution in [0.2, 0.25) is 0 Å². The van der Waals surface area contributed by atoms with Crippen molar-refractivity contribution in [3.63, 3.8) is 0 Å². The van der Waals surface area contributed by atoms with E-state index in [4.69, 9.17) is 24.6 Å². The quantitative estimate of drug-likeness (QED) is 0.143. The van der Waals surface area contributed by atoms with Crippen LogP contribution in [0.3, 0.4) is 0 Å². The molecular weight excluding hydrogens is 679 g/mol. The molecule has 55 heavy (non-hydrogen) atoms. The van der Waals surface area contributed by atoms with E-state index in [0.717, 1.165) is 94.8 Å². The van der Waals surface area contributed by atoms with E-state index in [0.29, 0.717) is 11.5 Å². The third kappa shape index (κ3) is 5.88. The molecule has 7 heteroatoms. The van der Waals surface area contributed by atoms with Crippen LogP contribution in [0.5, 0.6) is 0 Å². The van der Waals surface area contributed by atoms with Crippen molar-refractivity contribution in [1.82, 2.24) is 5.32 Å². The minimum absolute atomic E-state index is 0.283. The van der Waals surface area contributed by atoms with Crippen LogP contribution in [0.15, 0.2) is 183 Å². The van der Waals surface area contributed by atoms with Crippen molar-refractivity contribution in [3.05, 3.63) is 186 Å². The van der Waals surface area contributed by atoms with Gasteiger partial charge in [0.2, 0.25) is 0 Å². The first-order valence-electron chi connectivity index (χ1n) is 18.3. The second-order valence-corrected chi connectivity index (χ2v) is 13.8. The summed E-state index contributed by atoms with van der Waals surface area (Å²) in [6.45, 7) is 2.10. The number of nitrogens with one attached hydrogen (secondary N) is 2. The van der Waals surface area contributed by atoms with Crippen molar-refractivity contribution >= 4 is 61.6 Å². The van der Waals surface area contributed by atoms with Crippen LogP contribution in [-0.4, -0.2) is 11.7 Å². The highest BCUT2D eigenvalue weighted by Crippen LogP contribution is 2.43. The summed E-state index contributed by atoms with van der Waals surface area (Å²) >= 11 is 0. The van der Waals surface area contributed by atoms with Gasteiger partial charge in [-0.1, -0.05) is 109 Å². The normalized spacial score (nSPS) is 14.2. The van der Waals surface area contributed by atoms with Crippen molar-refractivity contribution in [1.29, 1.82) is 0 Å². The summed E-state index contributed by atoms with van der Waals surface area (Å²) < 4.78 is 13.0. The minimum Gasteiger partial charge on any atom is -0.456 e. The summed E-state index contributed by atoms with van der Waals surface area (Å²) in [6.07, 6.45) is -0.283. The van der Waals surface area contributed by atoms with E-state index in [2.05, 4.69) is 84.3 Å². The van der Waals surface area contributed by atoms with Gasteiger partial charge < -0.3 is 25.2 Å². The molecule has 0 aliphatic carbocycles. The number of hydrogen-bond donors (Lipinski definition) is 3. The molecule has 2 aromatic heterocycles. The summed E-state index contributed by atoms with van der Waals surface area (Å²) in [5.41, 5.74) is 18.4. The zero-order valence-electron chi connectivity index (χ0n) is 30.0. The SMILES string of the molecule is Cc1ccccc1-c1oc2ccc(-c3ccc4oc5ccc(C6=NC(c7ccccc7)NC(c7ccccc7)=N6)cc5c4c3)cc2c1Nc1ccccc1N. The average molecular weight is 714 g/mol. The Morgan fingerprint density at radius 1 is 0.582 bits per heavy atom. The second kappa shape index (κ2) is 13.2. The first kappa shape index (κ1) is 32.3. The number of aliphatic imine (C=N–C) groups is 2. The van der Waals surface area contributed by atoms with Crippen molar-refractivity contribution in [3.8, 4) is 22.5 Å². The smallest absolute Gasteiger partial charge is 0.159 e.